The van der Waals surface area contributed by atoms with Crippen LogP contribution in [0.3, 0.4) is 0 Å². The molecule has 0 aliphatic carbocycles. The van der Waals surface area contributed by atoms with Crippen LogP contribution in [0.1, 0.15) is 23.7 Å². The third-order valence-electron chi connectivity index (χ3n) is 2.99. The molecule has 0 unspecified atom stereocenters. The van der Waals surface area contributed by atoms with Crippen molar-refractivity contribution in [2.24, 2.45) is 0 Å². The van der Waals surface area contributed by atoms with Gasteiger partial charge in [-0.3, -0.25) is 9.59 Å². The fourth-order valence-electron chi connectivity index (χ4n) is 1.80. The van der Waals surface area contributed by atoms with E-state index in [0.29, 0.717) is 28.4 Å². The van der Waals surface area contributed by atoms with Gasteiger partial charge in [0.1, 0.15) is 0 Å². The third kappa shape index (κ3) is 4.61. The number of amides is 2. The van der Waals surface area contributed by atoms with Crippen molar-refractivity contribution >= 4 is 58.0 Å². The van der Waals surface area contributed by atoms with Crippen LogP contribution in [0, 0.1) is 0 Å². The van der Waals surface area contributed by atoms with Crippen LogP contribution in [0.25, 0.3) is 0 Å². The first-order valence-corrected chi connectivity index (χ1v) is 7.90. The standard InChI is InChI=1S/C16H13Cl3N2O2/c1-2-15(22)20-10-5-3-4-9(6-10)16(23)21-14-8-12(18)11(17)7-13(14)19/h3-8H,2H2,1H3,(H,20,22)(H,21,23). The van der Waals surface area contributed by atoms with Crippen LogP contribution in [-0.4, -0.2) is 11.8 Å². The second-order valence-electron chi connectivity index (χ2n) is 4.68. The molecule has 120 valence electrons. The van der Waals surface area contributed by atoms with Gasteiger partial charge >= 0.3 is 0 Å². The molecule has 0 heterocycles. The lowest BCUT2D eigenvalue weighted by Crippen LogP contribution is -2.14. The van der Waals surface area contributed by atoms with Gasteiger partial charge in [0.25, 0.3) is 5.91 Å². The van der Waals surface area contributed by atoms with Crippen LogP contribution in [0.15, 0.2) is 36.4 Å². The van der Waals surface area contributed by atoms with Crippen molar-refractivity contribution in [3.63, 3.8) is 0 Å². The molecular weight excluding hydrogens is 359 g/mol. The van der Waals surface area contributed by atoms with Crippen LogP contribution in [0.4, 0.5) is 11.4 Å². The fraction of sp³-hybridized carbons (Fsp3) is 0.125. The van der Waals surface area contributed by atoms with E-state index in [-0.39, 0.29) is 21.9 Å². The van der Waals surface area contributed by atoms with E-state index in [2.05, 4.69) is 10.6 Å². The van der Waals surface area contributed by atoms with Gasteiger partial charge in [-0.25, -0.2) is 0 Å². The second kappa shape index (κ2) is 7.68. The summed E-state index contributed by atoms with van der Waals surface area (Å²) in [7, 11) is 0. The van der Waals surface area contributed by atoms with Crippen molar-refractivity contribution in [3.05, 3.63) is 57.0 Å². The molecule has 0 spiro atoms. The first-order chi connectivity index (χ1) is 10.9. The number of hydrogen-bond donors (Lipinski definition) is 2. The van der Waals surface area contributed by atoms with Crippen molar-refractivity contribution < 1.29 is 9.59 Å². The molecule has 2 N–H and O–H groups in total. The van der Waals surface area contributed by atoms with E-state index >= 15 is 0 Å². The number of nitrogens with one attached hydrogen (secondary N) is 2. The van der Waals surface area contributed by atoms with Gasteiger partial charge in [0.05, 0.1) is 20.8 Å². The van der Waals surface area contributed by atoms with Gasteiger partial charge in [0.15, 0.2) is 0 Å². The predicted octanol–water partition coefficient (Wildman–Crippen LogP) is 5.25. The zero-order chi connectivity index (χ0) is 17.0. The van der Waals surface area contributed by atoms with E-state index in [1.54, 1.807) is 31.2 Å². The summed E-state index contributed by atoms with van der Waals surface area (Å²) < 4.78 is 0. The minimum atomic E-state index is -0.377. The van der Waals surface area contributed by atoms with Crippen LogP contribution >= 0.6 is 34.8 Å². The van der Waals surface area contributed by atoms with Crippen LogP contribution in [0.2, 0.25) is 15.1 Å². The minimum Gasteiger partial charge on any atom is -0.326 e. The maximum absolute atomic E-state index is 12.3. The molecule has 0 aliphatic heterocycles. The van der Waals surface area contributed by atoms with Crippen LogP contribution in [-0.2, 0) is 4.79 Å². The van der Waals surface area contributed by atoms with Gasteiger partial charge in [0, 0.05) is 17.7 Å². The topological polar surface area (TPSA) is 58.2 Å². The average molecular weight is 372 g/mol. The molecule has 2 amide bonds. The maximum Gasteiger partial charge on any atom is 0.255 e. The van der Waals surface area contributed by atoms with Gasteiger partial charge < -0.3 is 10.6 Å². The lowest BCUT2D eigenvalue weighted by atomic mass is 10.1. The average Bonchev–Trinajstić information content (AvgIpc) is 2.52. The summed E-state index contributed by atoms with van der Waals surface area (Å²) in [6.07, 6.45) is 0.356. The number of halogens is 3. The van der Waals surface area contributed by atoms with Gasteiger partial charge in [0.2, 0.25) is 5.91 Å². The summed E-state index contributed by atoms with van der Waals surface area (Å²) in [5.74, 6) is -0.507. The largest absolute Gasteiger partial charge is 0.326 e. The van der Waals surface area contributed by atoms with Gasteiger partial charge in [-0.15, -0.1) is 0 Å². The molecule has 2 rings (SSSR count). The van der Waals surface area contributed by atoms with Gasteiger partial charge in [-0.05, 0) is 30.3 Å². The Morgan fingerprint density at radius 2 is 1.65 bits per heavy atom. The molecule has 0 atom stereocenters. The molecule has 7 heteroatoms. The molecule has 0 bridgehead atoms. The summed E-state index contributed by atoms with van der Waals surface area (Å²) in [6.45, 7) is 1.75. The summed E-state index contributed by atoms with van der Waals surface area (Å²) in [5, 5.41) is 6.23. The van der Waals surface area contributed by atoms with E-state index in [0.717, 1.165) is 0 Å². The van der Waals surface area contributed by atoms with E-state index in [1.807, 2.05) is 0 Å². The first kappa shape index (κ1) is 17.6. The first-order valence-electron chi connectivity index (χ1n) is 6.76. The summed E-state index contributed by atoms with van der Waals surface area (Å²) in [4.78, 5) is 23.7. The molecule has 2 aromatic rings. The number of hydrogen-bond acceptors (Lipinski definition) is 2. The Morgan fingerprint density at radius 3 is 2.35 bits per heavy atom. The highest BCUT2D eigenvalue weighted by molar-refractivity contribution is 6.44. The van der Waals surface area contributed by atoms with Crippen LogP contribution in [0.5, 0.6) is 0 Å². The fourth-order valence-corrected chi connectivity index (χ4v) is 2.39. The lowest BCUT2D eigenvalue weighted by molar-refractivity contribution is -0.115. The molecule has 2 aromatic carbocycles. The van der Waals surface area contributed by atoms with Crippen molar-refractivity contribution in [3.8, 4) is 0 Å². The summed E-state index contributed by atoms with van der Waals surface area (Å²) in [5.41, 5.74) is 1.28. The van der Waals surface area contributed by atoms with Crippen molar-refractivity contribution in [1.82, 2.24) is 0 Å². The van der Waals surface area contributed by atoms with Crippen molar-refractivity contribution in [2.45, 2.75) is 13.3 Å². The van der Waals surface area contributed by atoms with E-state index in [9.17, 15) is 9.59 Å². The molecule has 0 aliphatic rings. The Labute approximate surface area is 148 Å². The Kier molecular flexibility index (Phi) is 5.88. The predicted molar refractivity (Wildman–Crippen MR) is 94.8 cm³/mol. The minimum absolute atomic E-state index is 0.130. The monoisotopic (exact) mass is 370 g/mol. The number of benzene rings is 2. The molecule has 4 nitrogen and oxygen atoms in total. The highest BCUT2D eigenvalue weighted by atomic mass is 35.5. The zero-order valence-electron chi connectivity index (χ0n) is 12.1. The Morgan fingerprint density at radius 1 is 0.957 bits per heavy atom. The summed E-state index contributed by atoms with van der Waals surface area (Å²) >= 11 is 17.8. The number of rotatable bonds is 4. The maximum atomic E-state index is 12.3. The number of carbonyl (C=O) groups is 2. The molecule has 0 fully saturated rings. The highest BCUT2D eigenvalue weighted by Crippen LogP contribution is 2.32. The van der Waals surface area contributed by atoms with Gasteiger partial charge in [-0.1, -0.05) is 47.8 Å². The van der Waals surface area contributed by atoms with Crippen molar-refractivity contribution in [2.75, 3.05) is 10.6 Å². The normalized spacial score (nSPS) is 10.3. The SMILES string of the molecule is CCC(=O)Nc1cccc(C(=O)Nc2cc(Cl)c(Cl)cc2Cl)c1. The van der Waals surface area contributed by atoms with Crippen molar-refractivity contribution in [1.29, 1.82) is 0 Å². The highest BCUT2D eigenvalue weighted by Gasteiger charge is 2.12. The molecule has 0 aromatic heterocycles. The quantitative estimate of drug-likeness (QED) is 0.721. The Bertz CT molecular complexity index is 763. The Hall–Kier alpha value is -1.75. The second-order valence-corrected chi connectivity index (χ2v) is 5.90. The van der Waals surface area contributed by atoms with E-state index < -0.39 is 0 Å². The van der Waals surface area contributed by atoms with Crippen LogP contribution < -0.4 is 10.6 Å². The summed E-state index contributed by atoms with van der Waals surface area (Å²) in [6, 6.07) is 9.52. The molecule has 0 radical (unpaired) electrons. The molecular formula is C16H13Cl3N2O2. The molecule has 0 saturated carbocycles. The third-order valence-corrected chi connectivity index (χ3v) is 4.02. The number of carbonyl (C=O) groups excluding carboxylic acids is 2. The van der Waals surface area contributed by atoms with E-state index in [4.69, 9.17) is 34.8 Å². The Balaban J connectivity index is 2.19. The smallest absolute Gasteiger partial charge is 0.255 e. The van der Waals surface area contributed by atoms with Gasteiger partial charge in [-0.2, -0.15) is 0 Å². The molecule has 0 saturated heterocycles. The lowest BCUT2D eigenvalue weighted by Gasteiger charge is -2.10. The zero-order valence-corrected chi connectivity index (χ0v) is 14.4. The van der Waals surface area contributed by atoms with E-state index in [1.165, 1.54) is 12.1 Å². The molecule has 23 heavy (non-hydrogen) atoms. The number of anilines is 2.